The van der Waals surface area contributed by atoms with Crippen molar-refractivity contribution in [2.24, 2.45) is 0 Å². The predicted molar refractivity (Wildman–Crippen MR) is 122 cm³/mol. The molecular formula is C26H29NO4. The van der Waals surface area contributed by atoms with Gasteiger partial charge in [0.2, 0.25) is 0 Å². The number of aliphatic hydroxyl groups is 1. The number of benzene rings is 3. The molecule has 3 aromatic carbocycles. The third-order valence-electron chi connectivity index (χ3n) is 6.06. The molecule has 1 aliphatic heterocycles. The first-order valence-electron chi connectivity index (χ1n) is 10.6. The summed E-state index contributed by atoms with van der Waals surface area (Å²) in [5, 5.41) is 14.0. The molecule has 1 aliphatic rings. The molecule has 0 amide bonds. The van der Waals surface area contributed by atoms with Crippen LogP contribution in [0.3, 0.4) is 0 Å². The molecule has 31 heavy (non-hydrogen) atoms. The van der Waals surface area contributed by atoms with E-state index in [1.54, 1.807) is 14.2 Å². The quantitative estimate of drug-likeness (QED) is 0.607. The highest BCUT2D eigenvalue weighted by molar-refractivity contribution is 5.75. The first-order valence-corrected chi connectivity index (χ1v) is 10.6. The minimum absolute atomic E-state index is 0.0280. The zero-order valence-corrected chi connectivity index (χ0v) is 18.0. The fraction of sp³-hybridized carbons (Fsp3) is 0.308. The lowest BCUT2D eigenvalue weighted by Crippen LogP contribution is -2.52. The lowest BCUT2D eigenvalue weighted by Gasteiger charge is -2.44. The summed E-state index contributed by atoms with van der Waals surface area (Å²) in [6.07, 6.45) is 0. The second kappa shape index (κ2) is 9.52. The molecule has 0 aliphatic carbocycles. The van der Waals surface area contributed by atoms with E-state index in [2.05, 4.69) is 29.6 Å². The number of rotatable bonds is 7. The van der Waals surface area contributed by atoms with Crippen molar-refractivity contribution in [2.45, 2.75) is 11.5 Å². The van der Waals surface area contributed by atoms with Crippen LogP contribution in [0.2, 0.25) is 0 Å². The Balaban J connectivity index is 1.91. The van der Waals surface area contributed by atoms with E-state index in [0.717, 1.165) is 40.3 Å². The van der Waals surface area contributed by atoms with Gasteiger partial charge in [-0.15, -0.1) is 0 Å². The highest BCUT2D eigenvalue weighted by Gasteiger charge is 2.45. The van der Waals surface area contributed by atoms with Gasteiger partial charge in [-0.1, -0.05) is 54.6 Å². The summed E-state index contributed by atoms with van der Waals surface area (Å²) in [5.74, 6) is 1.23. The Kier molecular flexibility index (Phi) is 6.56. The topological polar surface area (TPSA) is 60.0 Å². The molecule has 0 radical (unpaired) electrons. The molecule has 1 saturated heterocycles. The molecule has 0 bridgehead atoms. The van der Waals surface area contributed by atoms with Crippen LogP contribution in [0.5, 0.6) is 11.5 Å². The maximum Gasteiger partial charge on any atom is 0.130 e. The van der Waals surface area contributed by atoms with Crippen molar-refractivity contribution in [3.63, 3.8) is 0 Å². The predicted octanol–water partition coefficient (Wildman–Crippen LogP) is 3.96. The number of hydrogen-bond acceptors (Lipinski definition) is 5. The van der Waals surface area contributed by atoms with Crippen LogP contribution in [-0.4, -0.2) is 45.6 Å². The molecule has 3 aromatic rings. The van der Waals surface area contributed by atoms with E-state index >= 15 is 0 Å². The average molecular weight is 420 g/mol. The van der Waals surface area contributed by atoms with Gasteiger partial charge in [-0.05, 0) is 28.8 Å². The number of aliphatic hydroxyl groups excluding tert-OH is 1. The summed E-state index contributed by atoms with van der Waals surface area (Å²) in [5.41, 5.74) is 3.31. The zero-order chi connectivity index (χ0) is 21.7. The molecule has 2 unspecified atom stereocenters. The Morgan fingerprint density at radius 2 is 1.74 bits per heavy atom. The van der Waals surface area contributed by atoms with Gasteiger partial charge >= 0.3 is 0 Å². The van der Waals surface area contributed by atoms with E-state index in [-0.39, 0.29) is 12.5 Å². The summed E-state index contributed by atoms with van der Waals surface area (Å²) in [6.45, 7) is 1.92. The number of methoxy groups -OCH3 is 2. The van der Waals surface area contributed by atoms with Crippen LogP contribution in [-0.2, 0) is 10.3 Å². The van der Waals surface area contributed by atoms with E-state index in [4.69, 9.17) is 14.2 Å². The van der Waals surface area contributed by atoms with Crippen molar-refractivity contribution in [1.29, 1.82) is 0 Å². The SMILES string of the molecule is COc1ccc(-c2ccccc2C2(C(CO)c3ccccc3)CNCCO2)c(OC)c1. The second-order valence-corrected chi connectivity index (χ2v) is 7.67. The van der Waals surface area contributed by atoms with Crippen LogP contribution in [0, 0.1) is 0 Å². The summed E-state index contributed by atoms with van der Waals surface area (Å²) in [6, 6.07) is 24.1. The Morgan fingerprint density at radius 3 is 2.42 bits per heavy atom. The lowest BCUT2D eigenvalue weighted by molar-refractivity contribution is -0.0987. The third kappa shape index (κ3) is 4.04. The first kappa shape index (κ1) is 21.4. The van der Waals surface area contributed by atoms with Crippen LogP contribution < -0.4 is 14.8 Å². The second-order valence-electron chi connectivity index (χ2n) is 7.67. The van der Waals surface area contributed by atoms with Gasteiger partial charge < -0.3 is 24.6 Å². The van der Waals surface area contributed by atoms with Crippen LogP contribution in [0.25, 0.3) is 11.1 Å². The molecule has 2 N–H and O–H groups in total. The maximum atomic E-state index is 10.5. The molecule has 0 aromatic heterocycles. The Bertz CT molecular complexity index is 999. The van der Waals surface area contributed by atoms with Crippen molar-refractivity contribution >= 4 is 0 Å². The van der Waals surface area contributed by atoms with E-state index in [1.165, 1.54) is 0 Å². The molecule has 2 atom stereocenters. The van der Waals surface area contributed by atoms with Gasteiger partial charge in [-0.2, -0.15) is 0 Å². The zero-order valence-electron chi connectivity index (χ0n) is 18.0. The van der Waals surface area contributed by atoms with Crippen molar-refractivity contribution in [3.8, 4) is 22.6 Å². The molecule has 1 fully saturated rings. The molecule has 0 spiro atoms. The van der Waals surface area contributed by atoms with Gasteiger partial charge in [0, 0.05) is 30.6 Å². The van der Waals surface area contributed by atoms with Crippen molar-refractivity contribution in [2.75, 3.05) is 40.5 Å². The normalized spacial score (nSPS) is 19.6. The monoisotopic (exact) mass is 419 g/mol. The van der Waals surface area contributed by atoms with Crippen LogP contribution in [0.1, 0.15) is 17.0 Å². The summed E-state index contributed by atoms with van der Waals surface area (Å²) in [4.78, 5) is 0. The molecular weight excluding hydrogens is 390 g/mol. The average Bonchev–Trinajstić information content (AvgIpc) is 2.85. The smallest absolute Gasteiger partial charge is 0.130 e. The highest BCUT2D eigenvalue weighted by Crippen LogP contribution is 2.46. The number of hydrogen-bond donors (Lipinski definition) is 2. The molecule has 1 heterocycles. The summed E-state index contributed by atoms with van der Waals surface area (Å²) >= 11 is 0. The van der Waals surface area contributed by atoms with E-state index in [9.17, 15) is 5.11 Å². The van der Waals surface area contributed by atoms with Gasteiger partial charge in [0.1, 0.15) is 17.1 Å². The Hall–Kier alpha value is -2.86. The van der Waals surface area contributed by atoms with Gasteiger partial charge in [0.15, 0.2) is 0 Å². The number of nitrogens with one attached hydrogen (secondary N) is 1. The Labute approximate surface area is 183 Å². The van der Waals surface area contributed by atoms with E-state index in [1.807, 2.05) is 48.5 Å². The minimum atomic E-state index is -0.726. The number of ether oxygens (including phenoxy) is 3. The van der Waals surface area contributed by atoms with Crippen molar-refractivity contribution in [3.05, 3.63) is 83.9 Å². The van der Waals surface area contributed by atoms with E-state index < -0.39 is 5.60 Å². The molecule has 162 valence electrons. The number of morpholine rings is 1. The summed E-state index contributed by atoms with van der Waals surface area (Å²) in [7, 11) is 3.31. The van der Waals surface area contributed by atoms with Crippen LogP contribution >= 0.6 is 0 Å². The van der Waals surface area contributed by atoms with Gasteiger partial charge in [-0.25, -0.2) is 0 Å². The van der Waals surface area contributed by atoms with Gasteiger partial charge in [0.25, 0.3) is 0 Å². The fourth-order valence-corrected chi connectivity index (χ4v) is 4.53. The fourth-order valence-electron chi connectivity index (χ4n) is 4.53. The summed E-state index contributed by atoms with van der Waals surface area (Å²) < 4.78 is 17.6. The largest absolute Gasteiger partial charge is 0.497 e. The van der Waals surface area contributed by atoms with Crippen molar-refractivity contribution in [1.82, 2.24) is 5.32 Å². The third-order valence-corrected chi connectivity index (χ3v) is 6.06. The Morgan fingerprint density at radius 1 is 0.968 bits per heavy atom. The van der Waals surface area contributed by atoms with Crippen LogP contribution in [0.4, 0.5) is 0 Å². The highest BCUT2D eigenvalue weighted by atomic mass is 16.5. The standard InChI is InChI=1S/C26H29NO4/c1-29-20-12-13-22(25(16-20)30-2)21-10-6-7-11-23(21)26(18-27-14-15-31-26)24(17-28)19-8-4-3-5-9-19/h3-13,16,24,27-28H,14-15,17-18H2,1-2H3. The van der Waals surface area contributed by atoms with Crippen molar-refractivity contribution < 1.29 is 19.3 Å². The maximum absolute atomic E-state index is 10.5. The molecule has 5 nitrogen and oxygen atoms in total. The van der Waals surface area contributed by atoms with Gasteiger partial charge in [0.05, 0.1) is 27.4 Å². The van der Waals surface area contributed by atoms with E-state index in [0.29, 0.717) is 13.2 Å². The molecule has 5 heteroatoms. The first-order chi connectivity index (χ1) is 15.2. The molecule has 0 saturated carbocycles. The lowest BCUT2D eigenvalue weighted by atomic mass is 9.74. The van der Waals surface area contributed by atoms with Gasteiger partial charge in [-0.3, -0.25) is 0 Å². The molecule has 4 rings (SSSR count). The van der Waals surface area contributed by atoms with Crippen LogP contribution in [0.15, 0.2) is 72.8 Å². The minimum Gasteiger partial charge on any atom is -0.497 e.